The molecule has 13 heavy (non-hydrogen) atoms. The van der Waals surface area contributed by atoms with Crippen molar-refractivity contribution in [3.05, 3.63) is 21.1 Å². The van der Waals surface area contributed by atoms with E-state index in [2.05, 4.69) is 41.3 Å². The van der Waals surface area contributed by atoms with Crippen molar-refractivity contribution in [1.29, 1.82) is 0 Å². The first kappa shape index (κ1) is 9.61. The van der Waals surface area contributed by atoms with Crippen LogP contribution in [0.4, 0.5) is 0 Å². The van der Waals surface area contributed by atoms with Crippen LogP contribution in [0.2, 0.25) is 0 Å². The third kappa shape index (κ3) is 1.55. The van der Waals surface area contributed by atoms with Crippen LogP contribution in [0, 0.1) is 2.88 Å². The Morgan fingerprint density at radius 2 is 2.23 bits per heavy atom. The zero-order valence-corrected chi connectivity index (χ0v) is 10.7. The zero-order valence-electron chi connectivity index (χ0n) is 6.87. The third-order valence-electron chi connectivity index (χ3n) is 1.83. The Morgan fingerprint density at radius 1 is 1.46 bits per heavy atom. The topological polar surface area (TPSA) is 9.23 Å². The predicted molar refractivity (Wildman–Crippen MR) is 68.3 cm³/mol. The molecule has 0 N–H and O–H groups in total. The van der Waals surface area contributed by atoms with Crippen LogP contribution >= 0.6 is 46.6 Å². The SMILES string of the molecule is COc1cccc2c(S)c(I)sc12. The third-order valence-corrected chi connectivity index (χ3v) is 5.08. The van der Waals surface area contributed by atoms with E-state index in [-0.39, 0.29) is 0 Å². The monoisotopic (exact) mass is 322 g/mol. The molecule has 2 rings (SSSR count). The van der Waals surface area contributed by atoms with E-state index in [0.29, 0.717) is 0 Å². The minimum atomic E-state index is 0.931. The van der Waals surface area contributed by atoms with Crippen LogP contribution in [0.1, 0.15) is 0 Å². The highest BCUT2D eigenvalue weighted by Crippen LogP contribution is 2.39. The Kier molecular flexibility index (Phi) is 2.71. The molecule has 0 aliphatic carbocycles. The van der Waals surface area contributed by atoms with Crippen LogP contribution in [0.5, 0.6) is 5.75 Å². The lowest BCUT2D eigenvalue weighted by Gasteiger charge is -1.99. The molecule has 1 nitrogen and oxygen atoms in total. The van der Waals surface area contributed by atoms with E-state index in [0.717, 1.165) is 10.6 Å². The molecule has 0 saturated heterocycles. The van der Waals surface area contributed by atoms with Gasteiger partial charge in [-0.1, -0.05) is 12.1 Å². The molecule has 0 aliphatic rings. The van der Waals surface area contributed by atoms with Gasteiger partial charge in [0.1, 0.15) is 5.75 Å². The van der Waals surface area contributed by atoms with Gasteiger partial charge >= 0.3 is 0 Å². The number of halogens is 1. The van der Waals surface area contributed by atoms with Crippen molar-refractivity contribution in [3.8, 4) is 5.75 Å². The van der Waals surface area contributed by atoms with Crippen LogP contribution in [0.25, 0.3) is 10.1 Å². The van der Waals surface area contributed by atoms with Gasteiger partial charge in [-0.05, 0) is 28.7 Å². The van der Waals surface area contributed by atoms with Crippen molar-refractivity contribution in [2.45, 2.75) is 4.90 Å². The number of fused-ring (bicyclic) bond motifs is 1. The molecule has 0 fully saturated rings. The maximum absolute atomic E-state index is 5.27. The number of rotatable bonds is 1. The second-order valence-electron chi connectivity index (χ2n) is 2.56. The standard InChI is InChI=1S/C9H7IOS2/c1-11-6-4-2-3-5-7(12)9(10)13-8(5)6/h2-4,12H,1H3. The number of thiophene rings is 1. The second kappa shape index (κ2) is 3.67. The molecule has 0 radical (unpaired) electrons. The summed E-state index contributed by atoms with van der Waals surface area (Å²) in [6.07, 6.45) is 0. The maximum Gasteiger partial charge on any atom is 0.136 e. The first-order valence-corrected chi connectivity index (χ1v) is 6.02. The molecular weight excluding hydrogens is 315 g/mol. The summed E-state index contributed by atoms with van der Waals surface area (Å²) >= 11 is 8.46. The highest BCUT2D eigenvalue weighted by Gasteiger charge is 2.09. The molecule has 0 saturated carbocycles. The molecule has 1 aromatic carbocycles. The Labute approximate surface area is 99.6 Å². The molecule has 2 aromatic rings. The fourth-order valence-corrected chi connectivity index (χ4v) is 3.48. The van der Waals surface area contributed by atoms with Crippen molar-refractivity contribution in [2.75, 3.05) is 7.11 Å². The summed E-state index contributed by atoms with van der Waals surface area (Å²) in [6, 6.07) is 6.03. The summed E-state index contributed by atoms with van der Waals surface area (Å²) in [5.74, 6) is 0.931. The molecular formula is C9H7IOS2. The van der Waals surface area contributed by atoms with Gasteiger partial charge in [-0.15, -0.1) is 24.0 Å². The normalized spacial score (nSPS) is 10.7. The predicted octanol–water partition coefficient (Wildman–Crippen LogP) is 3.80. The van der Waals surface area contributed by atoms with Gasteiger partial charge in [-0.3, -0.25) is 0 Å². The zero-order chi connectivity index (χ0) is 9.42. The second-order valence-corrected chi connectivity index (χ2v) is 5.84. The molecule has 0 unspecified atom stereocenters. The van der Waals surface area contributed by atoms with Crippen LogP contribution < -0.4 is 4.74 Å². The largest absolute Gasteiger partial charge is 0.495 e. The van der Waals surface area contributed by atoms with E-state index in [9.17, 15) is 0 Å². The highest BCUT2D eigenvalue weighted by molar-refractivity contribution is 14.1. The Morgan fingerprint density at radius 3 is 2.92 bits per heavy atom. The van der Waals surface area contributed by atoms with E-state index in [1.54, 1.807) is 18.4 Å². The van der Waals surface area contributed by atoms with Gasteiger partial charge in [-0.25, -0.2) is 0 Å². The van der Waals surface area contributed by atoms with Gasteiger partial charge < -0.3 is 4.74 Å². The van der Waals surface area contributed by atoms with Crippen molar-refractivity contribution in [3.63, 3.8) is 0 Å². The fraction of sp³-hybridized carbons (Fsp3) is 0.111. The van der Waals surface area contributed by atoms with Crippen LogP contribution in [0.3, 0.4) is 0 Å². The molecule has 1 heterocycles. The summed E-state index contributed by atoms with van der Waals surface area (Å²) in [4.78, 5) is 1.06. The molecule has 0 aliphatic heterocycles. The van der Waals surface area contributed by atoms with Crippen LogP contribution in [-0.2, 0) is 0 Å². The molecule has 0 atom stereocenters. The lowest BCUT2D eigenvalue weighted by Crippen LogP contribution is -1.80. The Hall–Kier alpha value is 0.0600. The molecule has 4 heteroatoms. The summed E-state index contributed by atoms with van der Waals surface area (Å²) in [6.45, 7) is 0. The Bertz CT molecular complexity index is 450. The summed E-state index contributed by atoms with van der Waals surface area (Å²) in [5, 5.41) is 1.18. The summed E-state index contributed by atoms with van der Waals surface area (Å²) in [7, 11) is 1.69. The number of benzene rings is 1. The van der Waals surface area contributed by atoms with Crippen LogP contribution in [-0.4, -0.2) is 7.11 Å². The minimum absolute atomic E-state index is 0.931. The maximum atomic E-state index is 5.27. The van der Waals surface area contributed by atoms with Gasteiger partial charge in [0.05, 0.1) is 14.7 Å². The summed E-state index contributed by atoms with van der Waals surface area (Å²) in [5.41, 5.74) is 0. The summed E-state index contributed by atoms with van der Waals surface area (Å²) < 4.78 is 7.66. The van der Waals surface area contributed by atoms with E-state index in [4.69, 9.17) is 4.74 Å². The first-order chi connectivity index (χ1) is 6.24. The lowest BCUT2D eigenvalue weighted by atomic mass is 10.2. The molecule has 0 spiro atoms. The average Bonchev–Trinajstić information content (AvgIpc) is 2.43. The van der Waals surface area contributed by atoms with E-state index < -0.39 is 0 Å². The van der Waals surface area contributed by atoms with E-state index in [1.807, 2.05) is 12.1 Å². The quantitative estimate of drug-likeness (QED) is 0.621. The number of ether oxygens (including phenoxy) is 1. The lowest BCUT2D eigenvalue weighted by molar-refractivity contribution is 0.420. The van der Waals surface area contributed by atoms with E-state index >= 15 is 0 Å². The Balaban J connectivity index is 2.84. The van der Waals surface area contributed by atoms with Crippen molar-refractivity contribution < 1.29 is 4.74 Å². The van der Waals surface area contributed by atoms with Gasteiger partial charge in [0, 0.05) is 10.3 Å². The van der Waals surface area contributed by atoms with Crippen molar-refractivity contribution in [2.24, 2.45) is 0 Å². The van der Waals surface area contributed by atoms with Gasteiger partial charge in [0.2, 0.25) is 0 Å². The number of methoxy groups -OCH3 is 1. The van der Waals surface area contributed by atoms with Crippen LogP contribution in [0.15, 0.2) is 23.1 Å². The minimum Gasteiger partial charge on any atom is -0.495 e. The van der Waals surface area contributed by atoms with Gasteiger partial charge in [0.25, 0.3) is 0 Å². The average molecular weight is 322 g/mol. The highest BCUT2D eigenvalue weighted by atomic mass is 127. The van der Waals surface area contributed by atoms with Crippen molar-refractivity contribution >= 4 is 56.6 Å². The number of hydrogen-bond acceptors (Lipinski definition) is 3. The smallest absolute Gasteiger partial charge is 0.136 e. The number of hydrogen-bond donors (Lipinski definition) is 1. The molecule has 0 bridgehead atoms. The molecule has 68 valence electrons. The first-order valence-electron chi connectivity index (χ1n) is 3.68. The molecule has 0 amide bonds. The number of thiol groups is 1. The van der Waals surface area contributed by atoms with Gasteiger partial charge in [0.15, 0.2) is 0 Å². The van der Waals surface area contributed by atoms with E-state index in [1.165, 1.54) is 13.0 Å². The molecule has 1 aromatic heterocycles. The van der Waals surface area contributed by atoms with Crippen molar-refractivity contribution in [1.82, 2.24) is 0 Å². The van der Waals surface area contributed by atoms with Gasteiger partial charge in [-0.2, -0.15) is 0 Å². The fourth-order valence-electron chi connectivity index (χ4n) is 1.21.